The summed E-state index contributed by atoms with van der Waals surface area (Å²) in [6.07, 6.45) is 0. The molecular formula is C22H16ClN3O2. The van der Waals surface area contributed by atoms with Gasteiger partial charge in [0, 0.05) is 16.3 Å². The quantitative estimate of drug-likeness (QED) is 0.694. The third kappa shape index (κ3) is 2.33. The Morgan fingerprint density at radius 2 is 1.79 bits per heavy atom. The molecule has 0 aromatic heterocycles. The second-order valence-electron chi connectivity index (χ2n) is 6.83. The van der Waals surface area contributed by atoms with Crippen molar-refractivity contribution in [2.24, 2.45) is 5.16 Å². The molecule has 0 radical (unpaired) electrons. The van der Waals surface area contributed by atoms with Crippen LogP contribution in [-0.2, 0) is 15.4 Å². The molecule has 0 bridgehead atoms. The number of amides is 1. The van der Waals surface area contributed by atoms with Crippen molar-refractivity contribution in [2.45, 2.75) is 12.6 Å². The highest BCUT2D eigenvalue weighted by Crippen LogP contribution is 2.48. The number of carbonyl (C=O) groups excluding carboxylic acids is 1. The zero-order chi connectivity index (χ0) is 19.3. The lowest BCUT2D eigenvalue weighted by Crippen LogP contribution is -2.51. The molecule has 0 saturated heterocycles. The number of para-hydroxylation sites is 1. The van der Waals surface area contributed by atoms with E-state index in [1.165, 1.54) is 0 Å². The van der Waals surface area contributed by atoms with Gasteiger partial charge in [-0.15, -0.1) is 0 Å². The fourth-order valence-electron chi connectivity index (χ4n) is 3.66. The molecule has 5 nitrogen and oxygen atoms in total. The van der Waals surface area contributed by atoms with E-state index in [1.807, 2.05) is 66.4 Å². The van der Waals surface area contributed by atoms with E-state index < -0.39 is 5.72 Å². The molecule has 0 aliphatic carbocycles. The number of aryl methyl sites for hydroxylation is 1. The summed E-state index contributed by atoms with van der Waals surface area (Å²) >= 11 is 6.12. The molecular weight excluding hydrogens is 374 g/mol. The first-order valence-corrected chi connectivity index (χ1v) is 9.27. The molecule has 138 valence electrons. The highest BCUT2D eigenvalue weighted by Gasteiger charge is 2.59. The third-order valence-corrected chi connectivity index (χ3v) is 5.25. The number of fused-ring (bicyclic) bond motifs is 2. The van der Waals surface area contributed by atoms with Crippen LogP contribution in [0.5, 0.6) is 0 Å². The lowest BCUT2D eigenvalue weighted by atomic mass is 10.00. The number of halogens is 1. The molecule has 6 heteroatoms. The van der Waals surface area contributed by atoms with Gasteiger partial charge in [-0.1, -0.05) is 64.8 Å². The summed E-state index contributed by atoms with van der Waals surface area (Å²) in [5.74, 6) is 0.267. The number of benzene rings is 3. The van der Waals surface area contributed by atoms with Gasteiger partial charge in [0.1, 0.15) is 0 Å². The first kappa shape index (κ1) is 16.8. The molecule has 2 aliphatic heterocycles. The maximum atomic E-state index is 13.2. The van der Waals surface area contributed by atoms with E-state index in [2.05, 4.69) is 10.5 Å². The summed E-state index contributed by atoms with van der Waals surface area (Å²) in [4.78, 5) is 20.9. The van der Waals surface area contributed by atoms with Gasteiger partial charge in [-0.05, 0) is 37.3 Å². The van der Waals surface area contributed by atoms with E-state index in [0.717, 1.165) is 16.8 Å². The normalized spacial score (nSPS) is 20.0. The molecule has 3 aromatic carbocycles. The van der Waals surface area contributed by atoms with Crippen LogP contribution < -0.4 is 10.2 Å². The Morgan fingerprint density at radius 1 is 1.04 bits per heavy atom. The van der Waals surface area contributed by atoms with E-state index >= 15 is 0 Å². The number of amidine groups is 1. The van der Waals surface area contributed by atoms with Crippen molar-refractivity contribution in [1.82, 2.24) is 0 Å². The predicted octanol–water partition coefficient (Wildman–Crippen LogP) is 4.65. The van der Waals surface area contributed by atoms with Crippen molar-refractivity contribution >= 4 is 34.7 Å². The van der Waals surface area contributed by atoms with Crippen molar-refractivity contribution in [3.63, 3.8) is 0 Å². The minimum Gasteiger partial charge on any atom is -0.349 e. The summed E-state index contributed by atoms with van der Waals surface area (Å²) < 4.78 is 0. The Morgan fingerprint density at radius 3 is 2.54 bits per heavy atom. The average Bonchev–Trinajstić information content (AvgIpc) is 3.22. The predicted molar refractivity (Wildman–Crippen MR) is 109 cm³/mol. The monoisotopic (exact) mass is 389 g/mol. The summed E-state index contributed by atoms with van der Waals surface area (Å²) in [7, 11) is 0. The van der Waals surface area contributed by atoms with Gasteiger partial charge < -0.3 is 10.2 Å². The molecule has 3 aromatic rings. The van der Waals surface area contributed by atoms with Crippen LogP contribution in [0.1, 0.15) is 16.7 Å². The van der Waals surface area contributed by atoms with Crippen LogP contribution in [0.25, 0.3) is 0 Å². The van der Waals surface area contributed by atoms with E-state index in [1.54, 1.807) is 18.2 Å². The molecule has 1 N–H and O–H groups in total. The van der Waals surface area contributed by atoms with E-state index in [-0.39, 0.29) is 5.91 Å². The fraction of sp³-hybridized carbons (Fsp3) is 0.0909. The lowest BCUT2D eigenvalue weighted by Gasteiger charge is -2.32. The molecule has 1 spiro atoms. The summed E-state index contributed by atoms with van der Waals surface area (Å²) in [6, 6.07) is 22.9. The Kier molecular flexibility index (Phi) is 3.67. The van der Waals surface area contributed by atoms with Crippen LogP contribution in [0.2, 0.25) is 5.02 Å². The second kappa shape index (κ2) is 6.11. The Hall–Kier alpha value is -3.31. The minimum absolute atomic E-state index is 0.306. The molecule has 0 saturated carbocycles. The highest BCUT2D eigenvalue weighted by molar-refractivity contribution is 6.31. The molecule has 28 heavy (non-hydrogen) atoms. The third-order valence-electron chi connectivity index (χ3n) is 5.02. The maximum absolute atomic E-state index is 13.2. The van der Waals surface area contributed by atoms with Gasteiger partial charge in [0.15, 0.2) is 5.84 Å². The molecule has 5 rings (SSSR count). The van der Waals surface area contributed by atoms with Crippen molar-refractivity contribution in [1.29, 1.82) is 0 Å². The van der Waals surface area contributed by atoms with Gasteiger partial charge in [0.2, 0.25) is 0 Å². The smallest absolute Gasteiger partial charge is 0.322 e. The number of nitrogens with one attached hydrogen (secondary N) is 1. The van der Waals surface area contributed by atoms with E-state index in [0.29, 0.717) is 22.1 Å². The Labute approximate surface area is 167 Å². The number of nitrogens with zero attached hydrogens (tertiary/aromatic N) is 2. The van der Waals surface area contributed by atoms with Gasteiger partial charge in [-0.25, -0.2) is 0 Å². The van der Waals surface area contributed by atoms with Crippen LogP contribution in [0.15, 0.2) is 78.0 Å². The molecule has 0 fully saturated rings. The zero-order valence-electron chi connectivity index (χ0n) is 15.0. The Balaban J connectivity index is 1.72. The van der Waals surface area contributed by atoms with Crippen LogP contribution in [-0.4, -0.2) is 11.7 Å². The van der Waals surface area contributed by atoms with Crippen molar-refractivity contribution in [2.75, 3.05) is 10.2 Å². The molecule has 1 amide bonds. The largest absolute Gasteiger partial charge is 0.349 e. The van der Waals surface area contributed by atoms with E-state index in [4.69, 9.17) is 16.4 Å². The lowest BCUT2D eigenvalue weighted by molar-refractivity contribution is -0.137. The van der Waals surface area contributed by atoms with E-state index in [9.17, 15) is 4.79 Å². The fourth-order valence-corrected chi connectivity index (χ4v) is 3.84. The van der Waals surface area contributed by atoms with Crippen molar-refractivity contribution in [3.8, 4) is 0 Å². The van der Waals surface area contributed by atoms with Gasteiger partial charge >= 0.3 is 5.72 Å². The average molecular weight is 390 g/mol. The molecule has 2 aliphatic rings. The van der Waals surface area contributed by atoms with Crippen LogP contribution in [0, 0.1) is 6.92 Å². The van der Waals surface area contributed by atoms with Crippen LogP contribution in [0.3, 0.4) is 0 Å². The molecule has 1 atom stereocenters. The first-order valence-electron chi connectivity index (χ1n) is 8.89. The molecule has 0 unspecified atom stereocenters. The summed E-state index contributed by atoms with van der Waals surface area (Å²) in [6.45, 7) is 2.03. The van der Waals surface area contributed by atoms with Crippen LogP contribution >= 0.6 is 11.6 Å². The van der Waals surface area contributed by atoms with Crippen LogP contribution in [0.4, 0.5) is 11.4 Å². The minimum atomic E-state index is -1.42. The number of oxime groups is 1. The maximum Gasteiger partial charge on any atom is 0.322 e. The van der Waals surface area contributed by atoms with Gasteiger partial charge in [0.25, 0.3) is 5.91 Å². The first-order chi connectivity index (χ1) is 13.6. The standard InChI is InChI=1S/C22H16ClN3O2/c1-14-7-9-15(10-8-14)20-25-28-22(26(20)17-5-3-2-4-6-17)18-12-11-16(23)13-19(18)24-21(22)27/h2-13H,1H3,(H,24,27)/t22-/m0/s1. The van der Waals surface area contributed by atoms with Gasteiger partial charge in [0.05, 0.1) is 11.3 Å². The van der Waals surface area contributed by atoms with Crippen molar-refractivity contribution < 1.29 is 9.63 Å². The SMILES string of the molecule is Cc1ccc(C2=NO[C@@]3(C(=O)Nc4cc(Cl)ccc43)N2c2ccccc2)cc1. The zero-order valence-corrected chi connectivity index (χ0v) is 15.8. The Bertz CT molecular complexity index is 1110. The van der Waals surface area contributed by atoms with Gasteiger partial charge in [-0.2, -0.15) is 0 Å². The summed E-state index contributed by atoms with van der Waals surface area (Å²) in [5.41, 5.74) is 2.69. The number of carbonyl (C=O) groups is 1. The molecule has 2 heterocycles. The highest BCUT2D eigenvalue weighted by atomic mass is 35.5. The number of hydrogen-bond acceptors (Lipinski definition) is 4. The number of hydrogen-bond donors (Lipinski definition) is 1. The topological polar surface area (TPSA) is 53.9 Å². The number of rotatable bonds is 2. The number of anilines is 2. The van der Waals surface area contributed by atoms with Gasteiger partial charge in [-0.3, -0.25) is 9.69 Å². The second-order valence-corrected chi connectivity index (χ2v) is 7.27. The van der Waals surface area contributed by atoms with Crippen molar-refractivity contribution in [3.05, 3.63) is 94.5 Å². The summed E-state index contributed by atoms with van der Waals surface area (Å²) in [5, 5.41) is 7.78.